The first-order chi connectivity index (χ1) is 12.5. The molecule has 0 aliphatic heterocycles. The molecule has 2 aromatic rings. The summed E-state index contributed by atoms with van der Waals surface area (Å²) in [7, 11) is 1.26. The number of methoxy groups -OCH3 is 1. The van der Waals surface area contributed by atoms with Crippen LogP contribution in [-0.2, 0) is 9.53 Å². The fourth-order valence-electron chi connectivity index (χ4n) is 2.63. The molecule has 0 bridgehead atoms. The maximum Gasteiger partial charge on any atom is 0.330 e. The number of hydrogen-bond acceptors (Lipinski definition) is 5. The van der Waals surface area contributed by atoms with Gasteiger partial charge in [0, 0.05) is 34.0 Å². The molecule has 2 aromatic carbocycles. The van der Waals surface area contributed by atoms with E-state index in [9.17, 15) is 14.4 Å². The lowest BCUT2D eigenvalue weighted by atomic mass is 9.88. The van der Waals surface area contributed by atoms with Gasteiger partial charge in [0.25, 0.3) is 0 Å². The van der Waals surface area contributed by atoms with Crippen LogP contribution in [0.4, 0.5) is 5.69 Å². The molecule has 26 heavy (non-hydrogen) atoms. The van der Waals surface area contributed by atoms with Crippen LogP contribution >= 0.6 is 11.6 Å². The van der Waals surface area contributed by atoms with Crippen molar-refractivity contribution in [3.63, 3.8) is 0 Å². The molecule has 0 radical (unpaired) electrons. The van der Waals surface area contributed by atoms with E-state index < -0.39 is 5.97 Å². The van der Waals surface area contributed by atoms with Gasteiger partial charge in [0.1, 0.15) is 0 Å². The lowest BCUT2D eigenvalue weighted by Crippen LogP contribution is -2.22. The van der Waals surface area contributed by atoms with Gasteiger partial charge in [-0.15, -0.1) is 0 Å². The molecule has 0 heterocycles. The summed E-state index contributed by atoms with van der Waals surface area (Å²) in [5.74, 6) is -1.18. The predicted molar refractivity (Wildman–Crippen MR) is 99.3 cm³/mol. The molecule has 0 fully saturated rings. The molecule has 0 saturated carbocycles. The van der Waals surface area contributed by atoms with E-state index >= 15 is 0 Å². The summed E-state index contributed by atoms with van der Waals surface area (Å²) >= 11 is 5.95. The summed E-state index contributed by atoms with van der Waals surface area (Å²) in [6, 6.07) is 11.8. The highest BCUT2D eigenvalue weighted by molar-refractivity contribution is 6.31. The minimum atomic E-state index is -0.545. The number of Topliss-reactive ketones (excluding diaryl/α,β-unsaturated/α-hetero) is 1. The zero-order valence-corrected chi connectivity index (χ0v) is 14.5. The lowest BCUT2D eigenvalue weighted by Gasteiger charge is -2.18. The molecular formula is C20H14ClNO4. The molecule has 1 aliphatic carbocycles. The van der Waals surface area contributed by atoms with Crippen LogP contribution in [0.25, 0.3) is 6.08 Å². The zero-order chi connectivity index (χ0) is 18.7. The number of anilines is 1. The number of carbonyl (C=O) groups excluding carboxylic acids is 3. The minimum Gasteiger partial charge on any atom is -0.466 e. The summed E-state index contributed by atoms with van der Waals surface area (Å²) in [6.45, 7) is 0. The lowest BCUT2D eigenvalue weighted by molar-refractivity contribution is -0.134. The molecule has 0 spiro atoms. The smallest absolute Gasteiger partial charge is 0.330 e. The maximum absolute atomic E-state index is 12.8. The number of allylic oxidation sites excluding steroid dienone is 2. The van der Waals surface area contributed by atoms with E-state index in [4.69, 9.17) is 11.6 Å². The number of ether oxygens (including phenoxy) is 1. The van der Waals surface area contributed by atoms with E-state index in [0.717, 1.165) is 0 Å². The summed E-state index contributed by atoms with van der Waals surface area (Å²) < 4.78 is 4.55. The number of fused-ring (bicyclic) bond motifs is 1. The van der Waals surface area contributed by atoms with E-state index in [1.54, 1.807) is 42.5 Å². The molecule has 6 heteroatoms. The number of hydrogen-bond donors (Lipinski definition) is 1. The largest absolute Gasteiger partial charge is 0.466 e. The second kappa shape index (κ2) is 7.37. The van der Waals surface area contributed by atoms with Crippen molar-refractivity contribution in [1.82, 2.24) is 0 Å². The van der Waals surface area contributed by atoms with E-state index in [2.05, 4.69) is 10.1 Å². The SMILES string of the molecule is COC(=O)/C=C/c1cccc2c1C(=O)C=C(Nc1cccc(Cl)c1)C2=O. The van der Waals surface area contributed by atoms with Gasteiger partial charge in [-0.25, -0.2) is 4.79 Å². The Labute approximate surface area is 154 Å². The first kappa shape index (κ1) is 17.6. The van der Waals surface area contributed by atoms with Crippen molar-refractivity contribution >= 4 is 40.9 Å². The number of esters is 1. The highest BCUT2D eigenvalue weighted by Gasteiger charge is 2.27. The molecule has 0 atom stereocenters. The predicted octanol–water partition coefficient (Wildman–Crippen LogP) is 3.90. The van der Waals surface area contributed by atoms with Gasteiger partial charge in [0.2, 0.25) is 5.78 Å². The third-order valence-corrected chi connectivity index (χ3v) is 4.05. The molecule has 3 rings (SSSR count). The molecule has 0 saturated heterocycles. The van der Waals surface area contributed by atoms with Crippen LogP contribution in [0.5, 0.6) is 0 Å². The van der Waals surface area contributed by atoms with Gasteiger partial charge in [-0.05, 0) is 29.8 Å². The van der Waals surface area contributed by atoms with Crippen molar-refractivity contribution in [2.75, 3.05) is 12.4 Å². The van der Waals surface area contributed by atoms with Crippen LogP contribution in [0, 0.1) is 0 Å². The third kappa shape index (κ3) is 3.58. The average Bonchev–Trinajstić information content (AvgIpc) is 2.63. The van der Waals surface area contributed by atoms with E-state index in [0.29, 0.717) is 16.3 Å². The van der Waals surface area contributed by atoms with Gasteiger partial charge < -0.3 is 10.1 Å². The third-order valence-electron chi connectivity index (χ3n) is 3.81. The van der Waals surface area contributed by atoms with Crippen molar-refractivity contribution in [3.8, 4) is 0 Å². The molecule has 1 N–H and O–H groups in total. The summed E-state index contributed by atoms with van der Waals surface area (Å²) in [5.41, 5.74) is 1.78. The van der Waals surface area contributed by atoms with Crippen LogP contribution in [0.3, 0.4) is 0 Å². The fourth-order valence-corrected chi connectivity index (χ4v) is 2.82. The highest BCUT2D eigenvalue weighted by atomic mass is 35.5. The van der Waals surface area contributed by atoms with Crippen LogP contribution < -0.4 is 5.32 Å². The van der Waals surface area contributed by atoms with Crippen molar-refractivity contribution < 1.29 is 19.1 Å². The van der Waals surface area contributed by atoms with Gasteiger partial charge in [-0.2, -0.15) is 0 Å². The van der Waals surface area contributed by atoms with Gasteiger partial charge in [-0.3, -0.25) is 9.59 Å². The molecule has 0 aromatic heterocycles. The Bertz CT molecular complexity index is 976. The van der Waals surface area contributed by atoms with Gasteiger partial charge in [0.05, 0.1) is 12.8 Å². The highest BCUT2D eigenvalue weighted by Crippen LogP contribution is 2.27. The molecular weight excluding hydrogens is 354 g/mol. The van der Waals surface area contributed by atoms with E-state index in [1.807, 2.05) is 0 Å². The first-order valence-electron chi connectivity index (χ1n) is 7.72. The quantitative estimate of drug-likeness (QED) is 0.655. The Kier molecular flexibility index (Phi) is 5.00. The van der Waals surface area contributed by atoms with Gasteiger partial charge >= 0.3 is 5.97 Å². The van der Waals surface area contributed by atoms with Gasteiger partial charge in [0.15, 0.2) is 5.78 Å². The van der Waals surface area contributed by atoms with Gasteiger partial charge in [-0.1, -0.05) is 35.9 Å². The van der Waals surface area contributed by atoms with Crippen LogP contribution in [0.15, 0.2) is 60.3 Å². The Hall–Kier alpha value is -3.18. The summed E-state index contributed by atoms with van der Waals surface area (Å²) in [4.78, 5) is 36.6. The minimum absolute atomic E-state index is 0.166. The molecule has 0 unspecified atom stereocenters. The number of halogens is 1. The molecule has 1 aliphatic rings. The van der Waals surface area contributed by atoms with Crippen LogP contribution in [0.1, 0.15) is 26.3 Å². The number of rotatable bonds is 4. The van der Waals surface area contributed by atoms with E-state index in [-0.39, 0.29) is 28.4 Å². The number of carbonyl (C=O) groups is 3. The first-order valence-corrected chi connectivity index (χ1v) is 8.10. The standard InChI is InChI=1S/C20H14ClNO4/c1-26-18(24)9-8-12-4-2-7-15-19(12)17(23)11-16(20(15)25)22-14-6-3-5-13(21)10-14/h2-11,22H,1H3/b9-8+. The van der Waals surface area contributed by atoms with Crippen LogP contribution in [0.2, 0.25) is 5.02 Å². The Morgan fingerprint density at radius 2 is 1.92 bits per heavy atom. The monoisotopic (exact) mass is 367 g/mol. The summed E-state index contributed by atoms with van der Waals surface area (Å²) in [5, 5.41) is 3.45. The van der Waals surface area contributed by atoms with Crippen molar-refractivity contribution in [2.24, 2.45) is 0 Å². The maximum atomic E-state index is 12.8. The van der Waals surface area contributed by atoms with Crippen LogP contribution in [-0.4, -0.2) is 24.6 Å². The number of nitrogens with one attached hydrogen (secondary N) is 1. The second-order valence-corrected chi connectivity index (χ2v) is 5.95. The second-order valence-electron chi connectivity index (χ2n) is 5.51. The van der Waals surface area contributed by atoms with Crippen molar-refractivity contribution in [3.05, 3.63) is 82.0 Å². The van der Waals surface area contributed by atoms with Crippen molar-refractivity contribution in [1.29, 1.82) is 0 Å². The molecule has 0 amide bonds. The normalized spacial score (nSPS) is 13.4. The Morgan fingerprint density at radius 3 is 2.65 bits per heavy atom. The molecule has 130 valence electrons. The topological polar surface area (TPSA) is 72.5 Å². The number of benzene rings is 2. The van der Waals surface area contributed by atoms with E-state index in [1.165, 1.54) is 25.3 Å². The zero-order valence-electron chi connectivity index (χ0n) is 13.8. The Balaban J connectivity index is 1.96. The number of ketones is 2. The molecule has 5 nitrogen and oxygen atoms in total. The Morgan fingerprint density at radius 1 is 1.15 bits per heavy atom. The fraction of sp³-hybridized carbons (Fsp3) is 0.0500. The average molecular weight is 368 g/mol. The summed E-state index contributed by atoms with van der Waals surface area (Å²) in [6.07, 6.45) is 3.91. The van der Waals surface area contributed by atoms with Crippen molar-refractivity contribution in [2.45, 2.75) is 0 Å².